The van der Waals surface area contributed by atoms with E-state index in [1.807, 2.05) is 12.1 Å². The zero-order chi connectivity index (χ0) is 16.9. The normalized spacial score (nSPS) is 18.3. The van der Waals surface area contributed by atoms with E-state index in [9.17, 15) is 4.79 Å². The van der Waals surface area contributed by atoms with Gasteiger partial charge in [-0.3, -0.25) is 15.5 Å². The number of hydrogen-bond acceptors (Lipinski definition) is 5. The molecule has 0 saturated carbocycles. The highest BCUT2D eigenvalue weighted by Gasteiger charge is 2.17. The number of likely N-dealkylation sites (tertiary alicyclic amines) is 1. The van der Waals surface area contributed by atoms with Gasteiger partial charge in [-0.15, -0.1) is 11.3 Å². The van der Waals surface area contributed by atoms with E-state index >= 15 is 0 Å². The van der Waals surface area contributed by atoms with Crippen molar-refractivity contribution in [1.29, 1.82) is 0 Å². The lowest BCUT2D eigenvalue weighted by molar-refractivity contribution is 0.175. The molecule has 1 atom stereocenters. The fourth-order valence-electron chi connectivity index (χ4n) is 2.87. The number of rotatable bonds is 4. The summed E-state index contributed by atoms with van der Waals surface area (Å²) in [6.45, 7) is 5.33. The van der Waals surface area contributed by atoms with Gasteiger partial charge in [-0.25, -0.2) is 14.8 Å². The van der Waals surface area contributed by atoms with Gasteiger partial charge < -0.3 is 0 Å². The summed E-state index contributed by atoms with van der Waals surface area (Å²) in [5.41, 5.74) is 0.971. The van der Waals surface area contributed by atoms with Crippen molar-refractivity contribution in [2.24, 2.45) is 5.92 Å². The Bertz CT molecular complexity index is 707. The summed E-state index contributed by atoms with van der Waals surface area (Å²) in [7, 11) is 0. The van der Waals surface area contributed by atoms with Gasteiger partial charge in [0.25, 0.3) is 0 Å². The number of amides is 2. The van der Waals surface area contributed by atoms with Crippen LogP contribution in [0.3, 0.4) is 0 Å². The lowest BCUT2D eigenvalue weighted by atomic mass is 10.0. The molecule has 3 rings (SSSR count). The van der Waals surface area contributed by atoms with Crippen LogP contribution in [0, 0.1) is 5.92 Å². The fraction of sp³-hybridized carbons (Fsp3) is 0.438. The highest BCUT2D eigenvalue weighted by molar-refractivity contribution is 9.11. The van der Waals surface area contributed by atoms with Crippen molar-refractivity contribution in [2.75, 3.05) is 23.7 Å². The molecule has 1 aliphatic heterocycles. The second kappa shape index (κ2) is 8.04. The Hall–Kier alpha value is -1.51. The van der Waals surface area contributed by atoms with E-state index in [0.717, 1.165) is 35.2 Å². The second-order valence-corrected chi connectivity index (χ2v) is 8.20. The van der Waals surface area contributed by atoms with Crippen molar-refractivity contribution in [1.82, 2.24) is 14.9 Å². The third-order valence-corrected chi connectivity index (χ3v) is 5.26. The molecule has 2 aromatic heterocycles. The van der Waals surface area contributed by atoms with Gasteiger partial charge in [-0.1, -0.05) is 13.0 Å². The molecule has 6 nitrogen and oxygen atoms in total. The molecule has 2 aromatic rings. The van der Waals surface area contributed by atoms with E-state index in [0.29, 0.717) is 11.6 Å². The van der Waals surface area contributed by atoms with Crippen molar-refractivity contribution >= 4 is 44.9 Å². The molecular formula is C16H20BrN5OS. The molecule has 128 valence electrons. The minimum absolute atomic E-state index is 0.343. The van der Waals surface area contributed by atoms with E-state index in [4.69, 9.17) is 0 Å². The van der Waals surface area contributed by atoms with E-state index in [-0.39, 0.29) is 6.03 Å². The summed E-state index contributed by atoms with van der Waals surface area (Å²) >= 11 is 4.69. The molecule has 1 aliphatic rings. The fourth-order valence-corrected chi connectivity index (χ4v) is 3.81. The number of carbonyl (C=O) groups is 1. The zero-order valence-corrected chi connectivity index (χ0v) is 15.9. The maximum atomic E-state index is 12.0. The molecule has 0 spiro atoms. The van der Waals surface area contributed by atoms with Crippen molar-refractivity contribution in [3.63, 3.8) is 0 Å². The average Bonchev–Trinajstić information content (AvgIpc) is 2.92. The largest absolute Gasteiger partial charge is 0.326 e. The number of piperidine rings is 1. The maximum absolute atomic E-state index is 12.0. The topological polar surface area (TPSA) is 70.2 Å². The van der Waals surface area contributed by atoms with Crippen LogP contribution in [0.5, 0.6) is 0 Å². The number of urea groups is 1. The van der Waals surface area contributed by atoms with Crippen LogP contribution in [0.1, 0.15) is 25.5 Å². The van der Waals surface area contributed by atoms with Crippen LogP contribution in [-0.4, -0.2) is 34.0 Å². The summed E-state index contributed by atoms with van der Waals surface area (Å²) in [6, 6.07) is 5.37. The van der Waals surface area contributed by atoms with Gasteiger partial charge in [0, 0.05) is 18.5 Å². The Morgan fingerprint density at radius 1 is 1.38 bits per heavy atom. The first kappa shape index (κ1) is 17.3. The molecule has 1 saturated heterocycles. The molecule has 1 fully saturated rings. The lowest BCUT2D eigenvalue weighted by Crippen LogP contribution is -2.34. The molecule has 0 aliphatic carbocycles. The third kappa shape index (κ3) is 4.99. The van der Waals surface area contributed by atoms with E-state index in [1.54, 1.807) is 11.4 Å². The molecule has 0 radical (unpaired) electrons. The van der Waals surface area contributed by atoms with Gasteiger partial charge in [-0.2, -0.15) is 0 Å². The number of anilines is 2. The van der Waals surface area contributed by atoms with Crippen LogP contribution >= 0.6 is 27.3 Å². The molecule has 2 N–H and O–H groups in total. The smallest absolute Gasteiger partial charge is 0.297 e. The molecular weight excluding hydrogens is 390 g/mol. The van der Waals surface area contributed by atoms with Gasteiger partial charge in [0.15, 0.2) is 3.92 Å². The number of thiazole rings is 1. The summed E-state index contributed by atoms with van der Waals surface area (Å²) in [5.74, 6) is 1.80. The Balaban J connectivity index is 1.57. The van der Waals surface area contributed by atoms with Crippen molar-refractivity contribution in [3.8, 4) is 0 Å². The van der Waals surface area contributed by atoms with Crippen LogP contribution in [0.25, 0.3) is 0 Å². The summed E-state index contributed by atoms with van der Waals surface area (Å²) in [5, 5.41) is 7.21. The van der Waals surface area contributed by atoms with Crippen LogP contribution < -0.4 is 10.6 Å². The summed E-state index contributed by atoms with van der Waals surface area (Å²) in [6.07, 6.45) is 2.54. The number of nitrogens with one attached hydrogen (secondary N) is 2. The first-order valence-electron chi connectivity index (χ1n) is 7.96. The van der Waals surface area contributed by atoms with Crippen LogP contribution in [0.15, 0.2) is 27.5 Å². The van der Waals surface area contributed by atoms with Gasteiger partial charge >= 0.3 is 6.03 Å². The van der Waals surface area contributed by atoms with Crippen LogP contribution in [0.2, 0.25) is 0 Å². The quantitative estimate of drug-likeness (QED) is 0.794. The Labute approximate surface area is 153 Å². The Morgan fingerprint density at radius 3 is 2.96 bits per heavy atom. The third-order valence-electron chi connectivity index (χ3n) is 3.89. The SMILES string of the molecule is CC1CCCN(Cc2cccc(NC(=O)Nc3csc(Br)n3)n2)C1. The average molecular weight is 410 g/mol. The van der Waals surface area contributed by atoms with Gasteiger partial charge in [0.1, 0.15) is 11.6 Å². The first-order chi connectivity index (χ1) is 11.6. The number of halogens is 1. The first-order valence-corrected chi connectivity index (χ1v) is 9.63. The summed E-state index contributed by atoms with van der Waals surface area (Å²) < 4.78 is 0.730. The second-order valence-electron chi connectivity index (χ2n) is 6.06. The number of pyridine rings is 1. The Kier molecular flexibility index (Phi) is 5.80. The minimum atomic E-state index is -0.343. The highest BCUT2D eigenvalue weighted by atomic mass is 79.9. The zero-order valence-electron chi connectivity index (χ0n) is 13.5. The number of carbonyl (C=O) groups excluding carboxylic acids is 1. The minimum Gasteiger partial charge on any atom is -0.297 e. The number of nitrogens with zero attached hydrogens (tertiary/aromatic N) is 3. The molecule has 1 unspecified atom stereocenters. The highest BCUT2D eigenvalue weighted by Crippen LogP contribution is 2.20. The van der Waals surface area contributed by atoms with Crippen molar-refractivity contribution in [2.45, 2.75) is 26.3 Å². The van der Waals surface area contributed by atoms with E-state index < -0.39 is 0 Å². The predicted octanol–water partition coefficient (Wildman–Crippen LogP) is 4.18. The van der Waals surface area contributed by atoms with E-state index in [1.165, 1.54) is 24.2 Å². The van der Waals surface area contributed by atoms with Gasteiger partial charge in [0.2, 0.25) is 0 Å². The molecule has 0 aromatic carbocycles. The molecule has 3 heterocycles. The van der Waals surface area contributed by atoms with Crippen molar-refractivity contribution < 1.29 is 4.79 Å². The standard InChI is InChI=1S/C16H20BrN5OS/c1-11-4-3-7-22(8-11)9-12-5-2-6-13(18-12)20-16(23)21-14-10-24-15(17)19-14/h2,5-6,10-11H,3-4,7-9H2,1H3,(H2,18,20,21,23). The summed E-state index contributed by atoms with van der Waals surface area (Å²) in [4.78, 5) is 23.1. The molecule has 2 amide bonds. The predicted molar refractivity (Wildman–Crippen MR) is 100 cm³/mol. The molecule has 8 heteroatoms. The van der Waals surface area contributed by atoms with E-state index in [2.05, 4.69) is 48.4 Å². The Morgan fingerprint density at radius 2 is 2.21 bits per heavy atom. The monoisotopic (exact) mass is 409 g/mol. The number of aromatic nitrogens is 2. The van der Waals surface area contributed by atoms with Crippen LogP contribution in [-0.2, 0) is 6.54 Å². The lowest BCUT2D eigenvalue weighted by Gasteiger charge is -2.30. The number of hydrogen-bond donors (Lipinski definition) is 2. The van der Waals surface area contributed by atoms with Gasteiger partial charge in [-0.05, 0) is 53.4 Å². The molecule has 0 bridgehead atoms. The van der Waals surface area contributed by atoms with Gasteiger partial charge in [0.05, 0.1) is 5.69 Å². The van der Waals surface area contributed by atoms with Crippen molar-refractivity contribution in [3.05, 3.63) is 33.2 Å². The van der Waals surface area contributed by atoms with Crippen LogP contribution in [0.4, 0.5) is 16.4 Å². The maximum Gasteiger partial charge on any atom is 0.326 e. The molecule has 24 heavy (non-hydrogen) atoms.